The van der Waals surface area contributed by atoms with Crippen LogP contribution in [-0.2, 0) is 0 Å². The molecule has 0 saturated carbocycles. The fraction of sp³-hybridized carbons (Fsp3) is 0.818. The first kappa shape index (κ1) is 9.79. The fourth-order valence-corrected chi connectivity index (χ4v) is 1.84. The second kappa shape index (κ2) is 4.08. The number of hydrogen-bond acceptors (Lipinski definition) is 1. The van der Waals surface area contributed by atoms with E-state index in [1.54, 1.807) is 0 Å². The molecule has 0 aromatic rings. The smallest absolute Gasteiger partial charge is 0.0160 e. The fourth-order valence-electron chi connectivity index (χ4n) is 1.84. The molecule has 0 spiro atoms. The number of likely N-dealkylation sites (tertiary alicyclic amines) is 1. The van der Waals surface area contributed by atoms with E-state index >= 15 is 0 Å². The molecule has 0 amide bonds. The average molecular weight is 167 g/mol. The molecule has 1 aliphatic heterocycles. The summed E-state index contributed by atoms with van der Waals surface area (Å²) in [6.07, 6.45) is 6.07. The summed E-state index contributed by atoms with van der Waals surface area (Å²) in [7, 11) is 0. The summed E-state index contributed by atoms with van der Waals surface area (Å²) in [6.45, 7) is 12.1. The molecule has 70 valence electrons. The van der Waals surface area contributed by atoms with Crippen LogP contribution in [-0.4, -0.2) is 24.5 Å². The van der Waals surface area contributed by atoms with Gasteiger partial charge in [0.25, 0.3) is 0 Å². The van der Waals surface area contributed by atoms with Gasteiger partial charge in [-0.15, -0.1) is 6.58 Å². The van der Waals surface area contributed by atoms with Gasteiger partial charge in [-0.25, -0.2) is 0 Å². The Morgan fingerprint density at radius 1 is 1.33 bits per heavy atom. The molecule has 0 aliphatic carbocycles. The van der Waals surface area contributed by atoms with Gasteiger partial charge in [-0.2, -0.15) is 0 Å². The molecule has 0 aromatic heterocycles. The van der Waals surface area contributed by atoms with Gasteiger partial charge < -0.3 is 0 Å². The Morgan fingerprint density at radius 2 is 2.08 bits per heavy atom. The Balaban J connectivity index is 2.39. The first-order valence-electron chi connectivity index (χ1n) is 4.97. The van der Waals surface area contributed by atoms with E-state index in [1.165, 1.54) is 32.4 Å². The predicted octanol–water partition coefficient (Wildman–Crippen LogP) is 2.68. The van der Waals surface area contributed by atoms with Crippen molar-refractivity contribution in [2.24, 2.45) is 5.41 Å². The highest BCUT2D eigenvalue weighted by atomic mass is 15.1. The molecule has 1 heteroatoms. The van der Waals surface area contributed by atoms with Crippen LogP contribution in [0.1, 0.15) is 33.1 Å². The van der Waals surface area contributed by atoms with Crippen molar-refractivity contribution < 1.29 is 0 Å². The van der Waals surface area contributed by atoms with Crippen LogP contribution in [0, 0.1) is 5.41 Å². The zero-order valence-corrected chi connectivity index (χ0v) is 8.47. The molecule has 1 saturated heterocycles. The minimum absolute atomic E-state index is 0.565. The normalized spacial score (nSPS) is 24.8. The largest absolute Gasteiger partial charge is 0.300 e. The van der Waals surface area contributed by atoms with Crippen molar-refractivity contribution in [3.05, 3.63) is 12.7 Å². The van der Waals surface area contributed by atoms with Crippen LogP contribution in [0.25, 0.3) is 0 Å². The van der Waals surface area contributed by atoms with Crippen molar-refractivity contribution in [3.63, 3.8) is 0 Å². The summed E-state index contributed by atoms with van der Waals surface area (Å²) in [5.41, 5.74) is 0.565. The highest BCUT2D eigenvalue weighted by molar-refractivity contribution is 4.80. The van der Waals surface area contributed by atoms with Crippen LogP contribution in [0.3, 0.4) is 0 Å². The van der Waals surface area contributed by atoms with Gasteiger partial charge in [0.2, 0.25) is 0 Å². The maximum absolute atomic E-state index is 3.78. The molecule has 0 N–H and O–H groups in total. The molecule has 12 heavy (non-hydrogen) atoms. The lowest BCUT2D eigenvalue weighted by molar-refractivity contribution is 0.281. The van der Waals surface area contributed by atoms with E-state index in [1.807, 2.05) is 6.08 Å². The van der Waals surface area contributed by atoms with Gasteiger partial charge in [0.15, 0.2) is 0 Å². The van der Waals surface area contributed by atoms with E-state index in [0.29, 0.717) is 5.41 Å². The second-order valence-electron chi connectivity index (χ2n) is 4.61. The maximum atomic E-state index is 3.78. The molecule has 0 atom stereocenters. The molecular formula is C11H21N. The summed E-state index contributed by atoms with van der Waals surface area (Å²) in [4.78, 5) is 2.50. The average Bonchev–Trinajstić information content (AvgIpc) is 2.14. The lowest BCUT2D eigenvalue weighted by Crippen LogP contribution is -2.25. The quantitative estimate of drug-likeness (QED) is 0.572. The van der Waals surface area contributed by atoms with E-state index in [-0.39, 0.29) is 0 Å². The highest BCUT2D eigenvalue weighted by Gasteiger charge is 2.21. The van der Waals surface area contributed by atoms with Crippen LogP contribution >= 0.6 is 0 Å². The summed E-state index contributed by atoms with van der Waals surface area (Å²) in [5, 5.41) is 0. The standard InChI is InChI=1S/C11H21N/c1-4-8-12-9-5-6-11(2,3)7-10-12/h4H,1,5-10H2,2-3H3. The topological polar surface area (TPSA) is 3.24 Å². The van der Waals surface area contributed by atoms with Crippen LogP contribution < -0.4 is 0 Å². The Hall–Kier alpha value is -0.300. The minimum Gasteiger partial charge on any atom is -0.300 e. The molecule has 1 rings (SSSR count). The van der Waals surface area contributed by atoms with Crippen LogP contribution in [0.15, 0.2) is 12.7 Å². The molecular weight excluding hydrogens is 146 g/mol. The summed E-state index contributed by atoms with van der Waals surface area (Å²) >= 11 is 0. The third-order valence-electron chi connectivity index (χ3n) is 2.82. The van der Waals surface area contributed by atoms with Crippen molar-refractivity contribution in [3.8, 4) is 0 Å². The summed E-state index contributed by atoms with van der Waals surface area (Å²) in [5.74, 6) is 0. The van der Waals surface area contributed by atoms with E-state index in [2.05, 4.69) is 25.3 Å². The highest BCUT2D eigenvalue weighted by Crippen LogP contribution is 2.29. The van der Waals surface area contributed by atoms with Gasteiger partial charge in [-0.05, 0) is 37.8 Å². The van der Waals surface area contributed by atoms with Crippen molar-refractivity contribution in [2.75, 3.05) is 19.6 Å². The molecule has 0 radical (unpaired) electrons. The molecule has 1 fully saturated rings. The van der Waals surface area contributed by atoms with Crippen LogP contribution in [0.5, 0.6) is 0 Å². The van der Waals surface area contributed by atoms with E-state index in [4.69, 9.17) is 0 Å². The molecule has 0 bridgehead atoms. The van der Waals surface area contributed by atoms with Crippen LogP contribution in [0.2, 0.25) is 0 Å². The third kappa shape index (κ3) is 2.98. The van der Waals surface area contributed by atoms with Gasteiger partial charge in [0.05, 0.1) is 0 Å². The summed E-state index contributed by atoms with van der Waals surface area (Å²) < 4.78 is 0. The van der Waals surface area contributed by atoms with Gasteiger partial charge >= 0.3 is 0 Å². The Labute approximate surface area is 76.5 Å². The number of hydrogen-bond donors (Lipinski definition) is 0. The van der Waals surface area contributed by atoms with E-state index in [0.717, 1.165) is 6.54 Å². The van der Waals surface area contributed by atoms with E-state index < -0.39 is 0 Å². The third-order valence-corrected chi connectivity index (χ3v) is 2.82. The Kier molecular flexibility index (Phi) is 3.33. The molecule has 0 unspecified atom stereocenters. The van der Waals surface area contributed by atoms with Gasteiger partial charge in [-0.3, -0.25) is 4.90 Å². The SMILES string of the molecule is C=CCN1CCCC(C)(C)CC1. The lowest BCUT2D eigenvalue weighted by Gasteiger charge is -2.22. The first-order chi connectivity index (χ1) is 5.64. The van der Waals surface area contributed by atoms with Gasteiger partial charge in [0.1, 0.15) is 0 Å². The molecule has 1 aliphatic rings. The zero-order chi connectivity index (χ0) is 9.03. The summed E-state index contributed by atoms with van der Waals surface area (Å²) in [6, 6.07) is 0. The molecule has 0 aromatic carbocycles. The van der Waals surface area contributed by atoms with Crippen molar-refractivity contribution in [1.29, 1.82) is 0 Å². The zero-order valence-electron chi connectivity index (χ0n) is 8.47. The monoisotopic (exact) mass is 167 g/mol. The molecule has 1 heterocycles. The van der Waals surface area contributed by atoms with Crippen molar-refractivity contribution in [1.82, 2.24) is 4.90 Å². The maximum Gasteiger partial charge on any atom is 0.0160 e. The molecule has 1 nitrogen and oxygen atoms in total. The predicted molar refractivity (Wildman–Crippen MR) is 54.3 cm³/mol. The number of rotatable bonds is 2. The Morgan fingerprint density at radius 3 is 2.75 bits per heavy atom. The van der Waals surface area contributed by atoms with Gasteiger partial charge in [-0.1, -0.05) is 19.9 Å². The van der Waals surface area contributed by atoms with Gasteiger partial charge in [0, 0.05) is 6.54 Å². The second-order valence-corrected chi connectivity index (χ2v) is 4.61. The van der Waals surface area contributed by atoms with Crippen molar-refractivity contribution in [2.45, 2.75) is 33.1 Å². The lowest BCUT2D eigenvalue weighted by atomic mass is 9.85. The van der Waals surface area contributed by atoms with E-state index in [9.17, 15) is 0 Å². The minimum atomic E-state index is 0.565. The van der Waals surface area contributed by atoms with Crippen LogP contribution in [0.4, 0.5) is 0 Å². The Bertz CT molecular complexity index is 149. The van der Waals surface area contributed by atoms with Crippen molar-refractivity contribution >= 4 is 0 Å². The first-order valence-corrected chi connectivity index (χ1v) is 4.97. The number of nitrogens with zero attached hydrogens (tertiary/aromatic N) is 1.